The first-order valence-electron chi connectivity index (χ1n) is 7.44. The van der Waals surface area contributed by atoms with Gasteiger partial charge in [0.15, 0.2) is 17.4 Å². The third-order valence-corrected chi connectivity index (χ3v) is 4.57. The van der Waals surface area contributed by atoms with Crippen molar-refractivity contribution >= 4 is 11.2 Å². The number of aryl methyl sites for hydroxylation is 1. The average molecular weight is 322 g/mol. The number of aromatic nitrogens is 4. The van der Waals surface area contributed by atoms with Gasteiger partial charge in [0.2, 0.25) is 5.88 Å². The highest BCUT2D eigenvalue weighted by molar-refractivity contribution is 5.76. The molecule has 124 valence electrons. The topological polar surface area (TPSA) is 112 Å². The Morgan fingerprint density at radius 2 is 2.26 bits per heavy atom. The molecule has 9 nitrogen and oxygen atoms in total. The predicted octanol–water partition coefficient (Wildman–Crippen LogP) is -0.447. The van der Waals surface area contributed by atoms with Crippen molar-refractivity contribution < 1.29 is 24.4 Å². The highest BCUT2D eigenvalue weighted by Crippen LogP contribution is 2.49. The van der Waals surface area contributed by atoms with Gasteiger partial charge in [0.25, 0.3) is 0 Å². The summed E-state index contributed by atoms with van der Waals surface area (Å²) in [4.78, 5) is 12.9. The minimum atomic E-state index is -0.909. The van der Waals surface area contributed by atoms with Crippen molar-refractivity contribution in [1.82, 2.24) is 19.5 Å². The predicted molar refractivity (Wildman–Crippen MR) is 76.9 cm³/mol. The molecule has 4 rings (SSSR count). The lowest BCUT2D eigenvalue weighted by molar-refractivity contribution is -0.225. The third-order valence-electron chi connectivity index (χ3n) is 4.57. The van der Waals surface area contributed by atoms with Gasteiger partial charge in [0, 0.05) is 6.42 Å². The molecular weight excluding hydrogens is 304 g/mol. The number of imidazole rings is 1. The summed E-state index contributed by atoms with van der Waals surface area (Å²) >= 11 is 0. The Morgan fingerprint density at radius 3 is 2.87 bits per heavy atom. The molecule has 2 aromatic heterocycles. The second kappa shape index (κ2) is 5.10. The number of ether oxygens (including phenoxy) is 3. The van der Waals surface area contributed by atoms with Crippen LogP contribution in [-0.4, -0.2) is 67.9 Å². The van der Waals surface area contributed by atoms with Crippen LogP contribution in [0.5, 0.6) is 5.88 Å². The maximum absolute atomic E-state index is 10.5. The zero-order valence-corrected chi connectivity index (χ0v) is 12.8. The van der Waals surface area contributed by atoms with Crippen LogP contribution in [0.2, 0.25) is 0 Å². The maximum atomic E-state index is 10.5. The summed E-state index contributed by atoms with van der Waals surface area (Å²) in [6.07, 6.45) is -0.0264. The molecule has 9 heteroatoms. The van der Waals surface area contributed by atoms with E-state index in [1.54, 1.807) is 17.8 Å². The van der Waals surface area contributed by atoms with E-state index in [0.717, 1.165) is 0 Å². The van der Waals surface area contributed by atoms with Crippen LogP contribution in [0.3, 0.4) is 0 Å². The van der Waals surface area contributed by atoms with E-state index in [1.807, 2.05) is 0 Å². The number of aliphatic hydroxyl groups is 2. The van der Waals surface area contributed by atoms with Crippen LogP contribution in [-0.2, 0) is 9.47 Å². The minimum absolute atomic E-state index is 0.285. The molecular formula is C14H18N4O5. The summed E-state index contributed by atoms with van der Waals surface area (Å²) in [5.74, 6) is 0.920. The van der Waals surface area contributed by atoms with E-state index < -0.39 is 24.0 Å². The molecule has 0 bridgehead atoms. The first-order chi connectivity index (χ1) is 11.1. The highest BCUT2D eigenvalue weighted by Gasteiger charge is 2.61. The number of hydrogen-bond acceptors (Lipinski definition) is 8. The summed E-state index contributed by atoms with van der Waals surface area (Å²) in [6.45, 7) is 2.02. The van der Waals surface area contributed by atoms with Gasteiger partial charge in [-0.1, -0.05) is 0 Å². The van der Waals surface area contributed by atoms with E-state index in [9.17, 15) is 10.2 Å². The fraction of sp³-hybridized carbons (Fsp3) is 0.643. The molecule has 23 heavy (non-hydrogen) atoms. The second-order valence-corrected chi connectivity index (χ2v) is 5.81. The van der Waals surface area contributed by atoms with Gasteiger partial charge in [-0.05, 0) is 6.92 Å². The number of rotatable bonds is 3. The lowest BCUT2D eigenvalue weighted by atomic mass is 9.86. The molecule has 2 aromatic rings. The molecule has 0 aromatic carbocycles. The summed E-state index contributed by atoms with van der Waals surface area (Å²) in [5.41, 5.74) is 0.172. The van der Waals surface area contributed by atoms with Crippen LogP contribution in [0.1, 0.15) is 18.5 Å². The van der Waals surface area contributed by atoms with Crippen LogP contribution in [0.4, 0.5) is 0 Å². The monoisotopic (exact) mass is 322 g/mol. The number of methoxy groups -OCH3 is 1. The molecule has 2 unspecified atom stereocenters. The first-order valence-corrected chi connectivity index (χ1v) is 7.44. The summed E-state index contributed by atoms with van der Waals surface area (Å²) in [6, 6.07) is 0. The lowest BCUT2D eigenvalue weighted by Crippen LogP contribution is -2.56. The van der Waals surface area contributed by atoms with Gasteiger partial charge < -0.3 is 24.4 Å². The van der Waals surface area contributed by atoms with Crippen molar-refractivity contribution in [3.05, 3.63) is 12.2 Å². The van der Waals surface area contributed by atoms with Gasteiger partial charge >= 0.3 is 0 Å². The minimum Gasteiger partial charge on any atom is -0.479 e. The maximum Gasteiger partial charge on any atom is 0.245 e. The number of hydrogen-bond donors (Lipinski definition) is 2. The van der Waals surface area contributed by atoms with Crippen molar-refractivity contribution in [3.8, 4) is 5.88 Å². The van der Waals surface area contributed by atoms with Crippen LogP contribution in [0.25, 0.3) is 11.2 Å². The number of aliphatic hydroxyl groups excluding tert-OH is 2. The molecule has 2 saturated heterocycles. The quantitative estimate of drug-likeness (QED) is 0.782. The molecule has 4 atom stereocenters. The molecule has 2 aliphatic rings. The van der Waals surface area contributed by atoms with Crippen LogP contribution < -0.4 is 4.74 Å². The number of fused-ring (bicyclic) bond motifs is 1. The van der Waals surface area contributed by atoms with E-state index in [4.69, 9.17) is 14.2 Å². The molecule has 2 N–H and O–H groups in total. The van der Waals surface area contributed by atoms with E-state index in [0.29, 0.717) is 35.9 Å². The Balaban J connectivity index is 1.84. The van der Waals surface area contributed by atoms with E-state index in [-0.39, 0.29) is 6.61 Å². The first kappa shape index (κ1) is 14.8. The SMILES string of the molecule is COc1nc(C)nc2c1ncn2C1OC(CO)[C@@H](O)[C@]12CCO2. The van der Waals surface area contributed by atoms with Crippen LogP contribution in [0.15, 0.2) is 6.33 Å². The zero-order valence-electron chi connectivity index (χ0n) is 12.8. The van der Waals surface area contributed by atoms with E-state index in [1.165, 1.54) is 7.11 Å². The fourth-order valence-corrected chi connectivity index (χ4v) is 3.33. The molecule has 2 aliphatic heterocycles. The largest absolute Gasteiger partial charge is 0.479 e. The normalized spacial score (nSPS) is 33.3. The van der Waals surface area contributed by atoms with Gasteiger partial charge in [-0.3, -0.25) is 4.57 Å². The Bertz CT molecular complexity index is 744. The highest BCUT2D eigenvalue weighted by atomic mass is 16.6. The van der Waals surface area contributed by atoms with E-state index in [2.05, 4.69) is 15.0 Å². The molecule has 0 saturated carbocycles. The van der Waals surface area contributed by atoms with Crippen molar-refractivity contribution in [2.45, 2.75) is 37.4 Å². The van der Waals surface area contributed by atoms with E-state index >= 15 is 0 Å². The van der Waals surface area contributed by atoms with Gasteiger partial charge in [0.1, 0.15) is 23.6 Å². The molecule has 2 fully saturated rings. The summed E-state index contributed by atoms with van der Waals surface area (Å²) in [5, 5.41) is 19.9. The van der Waals surface area contributed by atoms with Crippen molar-refractivity contribution in [2.75, 3.05) is 20.3 Å². The Morgan fingerprint density at radius 1 is 1.48 bits per heavy atom. The molecule has 0 radical (unpaired) electrons. The fourth-order valence-electron chi connectivity index (χ4n) is 3.33. The van der Waals surface area contributed by atoms with Crippen LogP contribution in [0, 0.1) is 6.92 Å². The van der Waals surface area contributed by atoms with Gasteiger partial charge in [-0.15, -0.1) is 0 Å². The van der Waals surface area contributed by atoms with Crippen molar-refractivity contribution in [1.29, 1.82) is 0 Å². The summed E-state index contributed by atoms with van der Waals surface area (Å²) < 4.78 is 18.5. The zero-order chi connectivity index (χ0) is 16.2. The standard InChI is InChI=1S/C14H18N4O5/c1-7-16-11-9(12(17-7)21-2)15-6-18(11)13-14(3-4-22-14)10(20)8(5-19)23-13/h6,8,10,13,19-20H,3-5H2,1-2H3/t8?,10-,13?,14-/m1/s1. The Hall–Kier alpha value is -1.81. The molecule has 0 amide bonds. The lowest BCUT2D eigenvalue weighted by Gasteiger charge is -2.44. The van der Waals surface area contributed by atoms with Gasteiger partial charge in [0.05, 0.1) is 26.7 Å². The average Bonchev–Trinajstić information content (AvgIpc) is 3.04. The third kappa shape index (κ3) is 1.91. The molecule has 1 spiro atoms. The van der Waals surface area contributed by atoms with Gasteiger partial charge in [-0.25, -0.2) is 9.97 Å². The van der Waals surface area contributed by atoms with Crippen molar-refractivity contribution in [3.63, 3.8) is 0 Å². The smallest absolute Gasteiger partial charge is 0.245 e. The molecule has 4 heterocycles. The van der Waals surface area contributed by atoms with Gasteiger partial charge in [-0.2, -0.15) is 4.98 Å². The number of nitrogens with zero attached hydrogens (tertiary/aromatic N) is 4. The van der Waals surface area contributed by atoms with Crippen LogP contribution >= 0.6 is 0 Å². The Labute approximate surface area is 131 Å². The summed E-state index contributed by atoms with van der Waals surface area (Å²) in [7, 11) is 1.52. The Kier molecular flexibility index (Phi) is 3.27. The molecule has 0 aliphatic carbocycles. The second-order valence-electron chi connectivity index (χ2n) is 5.81. The van der Waals surface area contributed by atoms with Crippen molar-refractivity contribution in [2.24, 2.45) is 0 Å².